The van der Waals surface area contributed by atoms with E-state index in [-0.39, 0.29) is 12.0 Å². The average molecular weight is 320 g/mol. The van der Waals surface area contributed by atoms with Crippen LogP contribution >= 0.6 is 0 Å². The lowest BCUT2D eigenvalue weighted by Gasteiger charge is -2.27. The molecule has 1 saturated heterocycles. The Balaban J connectivity index is 1.51. The van der Waals surface area contributed by atoms with E-state index < -0.39 is 0 Å². The number of carbonyl (C=O) groups is 1. The molecule has 1 aliphatic rings. The van der Waals surface area contributed by atoms with Crippen LogP contribution in [0.2, 0.25) is 0 Å². The van der Waals surface area contributed by atoms with E-state index in [1.165, 1.54) is 5.39 Å². The molecule has 0 N–H and O–H groups in total. The Bertz CT molecular complexity index is 841. The molecule has 3 aromatic rings. The summed E-state index contributed by atoms with van der Waals surface area (Å²) in [6.07, 6.45) is 3.87. The predicted molar refractivity (Wildman–Crippen MR) is 94.3 cm³/mol. The molecule has 2 aromatic carbocycles. The van der Waals surface area contributed by atoms with Crippen molar-refractivity contribution in [2.45, 2.75) is 25.5 Å². The van der Waals surface area contributed by atoms with E-state index in [1.807, 2.05) is 48.7 Å². The van der Waals surface area contributed by atoms with Crippen molar-refractivity contribution in [3.05, 3.63) is 72.4 Å². The van der Waals surface area contributed by atoms with E-state index in [9.17, 15) is 4.79 Å². The second-order valence-electron chi connectivity index (χ2n) is 6.13. The number of ether oxygens (including phenoxy) is 1. The fraction of sp³-hybridized carbons (Fsp3) is 0.250. The summed E-state index contributed by atoms with van der Waals surface area (Å²) >= 11 is 0. The van der Waals surface area contributed by atoms with Gasteiger partial charge >= 0.3 is 5.97 Å². The fourth-order valence-electron chi connectivity index (χ4n) is 3.37. The Morgan fingerprint density at radius 2 is 1.83 bits per heavy atom. The van der Waals surface area contributed by atoms with E-state index in [0.717, 1.165) is 30.5 Å². The largest absolute Gasteiger partial charge is 0.459 e. The van der Waals surface area contributed by atoms with Crippen LogP contribution in [-0.2, 0) is 16.1 Å². The van der Waals surface area contributed by atoms with Crippen molar-refractivity contribution in [2.75, 3.05) is 11.6 Å². The minimum Gasteiger partial charge on any atom is -0.459 e. The van der Waals surface area contributed by atoms with Crippen molar-refractivity contribution in [1.29, 1.82) is 0 Å². The Morgan fingerprint density at radius 1 is 1.04 bits per heavy atom. The second kappa shape index (κ2) is 6.40. The minimum absolute atomic E-state index is 0.144. The maximum Gasteiger partial charge on any atom is 0.330 e. The number of hydrogen-bond acceptors (Lipinski definition) is 3. The van der Waals surface area contributed by atoms with Crippen LogP contribution in [0.25, 0.3) is 10.9 Å². The molecule has 0 amide bonds. The first-order valence-electron chi connectivity index (χ1n) is 8.36. The highest BCUT2D eigenvalue weighted by Crippen LogP contribution is 2.23. The van der Waals surface area contributed by atoms with Crippen LogP contribution in [0.1, 0.15) is 18.4 Å². The Labute approximate surface area is 141 Å². The van der Waals surface area contributed by atoms with Crippen molar-refractivity contribution in [1.82, 2.24) is 4.68 Å². The van der Waals surface area contributed by atoms with Gasteiger partial charge in [0, 0.05) is 18.1 Å². The molecule has 0 aliphatic carbocycles. The van der Waals surface area contributed by atoms with Gasteiger partial charge in [-0.2, -0.15) is 0 Å². The number of para-hydroxylation sites is 1. The summed E-state index contributed by atoms with van der Waals surface area (Å²) in [5, 5.41) is 3.30. The van der Waals surface area contributed by atoms with Crippen LogP contribution < -0.4 is 5.01 Å². The lowest BCUT2D eigenvalue weighted by molar-refractivity contribution is -0.146. The molecule has 1 fully saturated rings. The number of hydrogen-bond donors (Lipinski definition) is 0. The van der Waals surface area contributed by atoms with E-state index in [2.05, 4.69) is 27.9 Å². The molecule has 2 heterocycles. The third-order valence-electron chi connectivity index (χ3n) is 4.58. The zero-order valence-electron chi connectivity index (χ0n) is 13.5. The van der Waals surface area contributed by atoms with Crippen LogP contribution in [-0.4, -0.2) is 23.2 Å². The highest BCUT2D eigenvalue weighted by molar-refractivity contribution is 5.82. The first kappa shape index (κ1) is 14.8. The molecule has 4 heteroatoms. The van der Waals surface area contributed by atoms with E-state index >= 15 is 0 Å². The molecule has 122 valence electrons. The summed E-state index contributed by atoms with van der Waals surface area (Å²) in [5.74, 6) is -0.144. The molecule has 0 spiro atoms. The number of nitrogens with zero attached hydrogens (tertiary/aromatic N) is 2. The molecule has 4 rings (SSSR count). The van der Waals surface area contributed by atoms with Crippen molar-refractivity contribution >= 4 is 16.9 Å². The van der Waals surface area contributed by atoms with Crippen LogP contribution in [0, 0.1) is 0 Å². The SMILES string of the molecule is O=C(OCc1ccccc1)C1CCCN1n1ccc2ccccc21. The monoisotopic (exact) mass is 320 g/mol. The van der Waals surface area contributed by atoms with E-state index in [1.54, 1.807) is 0 Å². The van der Waals surface area contributed by atoms with Gasteiger partial charge in [-0.05, 0) is 30.5 Å². The normalized spacial score (nSPS) is 17.3. The van der Waals surface area contributed by atoms with Crippen LogP contribution in [0.15, 0.2) is 66.9 Å². The fourth-order valence-corrected chi connectivity index (χ4v) is 3.37. The van der Waals surface area contributed by atoms with Gasteiger partial charge < -0.3 is 4.74 Å². The quantitative estimate of drug-likeness (QED) is 0.690. The molecule has 0 saturated carbocycles. The van der Waals surface area contributed by atoms with Gasteiger partial charge in [0.25, 0.3) is 0 Å². The van der Waals surface area contributed by atoms with Crippen LogP contribution in [0.4, 0.5) is 0 Å². The summed E-state index contributed by atoms with van der Waals surface area (Å²) < 4.78 is 7.65. The molecule has 1 unspecified atom stereocenters. The zero-order chi connectivity index (χ0) is 16.4. The Hall–Kier alpha value is -2.75. The molecule has 4 nitrogen and oxygen atoms in total. The number of rotatable bonds is 4. The lowest BCUT2D eigenvalue weighted by atomic mass is 10.2. The Morgan fingerprint density at radius 3 is 2.71 bits per heavy atom. The number of aromatic nitrogens is 1. The third-order valence-corrected chi connectivity index (χ3v) is 4.58. The van der Waals surface area contributed by atoms with Crippen molar-refractivity contribution in [3.63, 3.8) is 0 Å². The molecule has 24 heavy (non-hydrogen) atoms. The van der Waals surface area contributed by atoms with Crippen molar-refractivity contribution in [3.8, 4) is 0 Å². The topological polar surface area (TPSA) is 34.5 Å². The third kappa shape index (κ3) is 2.75. The van der Waals surface area contributed by atoms with Gasteiger partial charge in [0.1, 0.15) is 12.6 Å². The van der Waals surface area contributed by atoms with Gasteiger partial charge in [0.05, 0.1) is 5.52 Å². The zero-order valence-corrected chi connectivity index (χ0v) is 13.5. The highest BCUT2D eigenvalue weighted by atomic mass is 16.5. The average Bonchev–Trinajstić information content (AvgIpc) is 3.27. The van der Waals surface area contributed by atoms with Gasteiger partial charge in [-0.3, -0.25) is 9.69 Å². The minimum atomic E-state index is -0.218. The standard InChI is InChI=1S/C20H20N2O2/c23-20(24-15-16-7-2-1-3-8-16)19-11-6-13-21(19)22-14-12-17-9-4-5-10-18(17)22/h1-5,7-10,12,14,19H,6,11,13,15H2. The summed E-state index contributed by atoms with van der Waals surface area (Å²) in [4.78, 5) is 12.6. The van der Waals surface area contributed by atoms with Gasteiger partial charge in [0.2, 0.25) is 0 Å². The van der Waals surface area contributed by atoms with Gasteiger partial charge in [0.15, 0.2) is 0 Å². The molecule has 0 radical (unpaired) electrons. The Kier molecular flexibility index (Phi) is 3.95. The first-order chi connectivity index (χ1) is 11.8. The number of esters is 1. The lowest BCUT2D eigenvalue weighted by Crippen LogP contribution is -2.44. The number of benzene rings is 2. The molecule has 1 aliphatic heterocycles. The van der Waals surface area contributed by atoms with Gasteiger partial charge in [-0.1, -0.05) is 48.5 Å². The van der Waals surface area contributed by atoms with Crippen molar-refractivity contribution in [2.24, 2.45) is 0 Å². The smallest absolute Gasteiger partial charge is 0.330 e. The van der Waals surface area contributed by atoms with Gasteiger partial charge in [-0.15, -0.1) is 0 Å². The molecular weight excluding hydrogens is 300 g/mol. The first-order valence-corrected chi connectivity index (χ1v) is 8.36. The predicted octanol–water partition coefficient (Wildman–Crippen LogP) is 3.49. The maximum atomic E-state index is 12.6. The molecule has 0 bridgehead atoms. The van der Waals surface area contributed by atoms with Gasteiger partial charge in [-0.25, -0.2) is 4.79 Å². The van der Waals surface area contributed by atoms with E-state index in [0.29, 0.717) is 6.61 Å². The summed E-state index contributed by atoms with van der Waals surface area (Å²) in [5.41, 5.74) is 2.14. The second-order valence-corrected chi connectivity index (χ2v) is 6.13. The van der Waals surface area contributed by atoms with E-state index in [4.69, 9.17) is 4.74 Å². The highest BCUT2D eigenvalue weighted by Gasteiger charge is 2.32. The summed E-state index contributed by atoms with van der Waals surface area (Å²) in [6.45, 7) is 1.19. The molecule has 1 atom stereocenters. The molecule has 1 aromatic heterocycles. The molecular formula is C20H20N2O2. The maximum absolute atomic E-state index is 12.6. The number of fused-ring (bicyclic) bond motifs is 1. The van der Waals surface area contributed by atoms with Crippen molar-refractivity contribution < 1.29 is 9.53 Å². The summed E-state index contributed by atoms with van der Waals surface area (Å²) in [7, 11) is 0. The number of carbonyl (C=O) groups excluding carboxylic acids is 1. The summed E-state index contributed by atoms with van der Waals surface area (Å²) in [6, 6.07) is 19.9. The van der Waals surface area contributed by atoms with Crippen LogP contribution in [0.5, 0.6) is 0 Å². The van der Waals surface area contributed by atoms with Crippen LogP contribution in [0.3, 0.4) is 0 Å².